The molecule has 186 valence electrons. The lowest BCUT2D eigenvalue weighted by atomic mass is 9.95. The second kappa shape index (κ2) is 12.8. The molecule has 0 spiro atoms. The minimum absolute atomic E-state index is 0.0213. The topological polar surface area (TPSA) is 60.0 Å². The van der Waals surface area contributed by atoms with Crippen molar-refractivity contribution in [3.05, 3.63) is 48.0 Å². The van der Waals surface area contributed by atoms with Crippen LogP contribution in [0.3, 0.4) is 0 Å². The molecule has 1 amide bonds. The Bertz CT molecular complexity index is 908. The summed E-state index contributed by atoms with van der Waals surface area (Å²) in [5.74, 6) is 1.27. The van der Waals surface area contributed by atoms with E-state index in [1.54, 1.807) is 7.11 Å². The van der Waals surface area contributed by atoms with Gasteiger partial charge in [0.05, 0.1) is 18.3 Å². The molecule has 1 aliphatic rings. The van der Waals surface area contributed by atoms with Crippen molar-refractivity contribution in [3.63, 3.8) is 0 Å². The number of carbonyl (C=O) groups is 1. The van der Waals surface area contributed by atoms with Crippen LogP contribution >= 0.6 is 0 Å². The maximum Gasteiger partial charge on any atom is 0.255 e. The van der Waals surface area contributed by atoms with Gasteiger partial charge in [0.25, 0.3) is 5.91 Å². The molecule has 0 bridgehead atoms. The summed E-state index contributed by atoms with van der Waals surface area (Å²) in [5.41, 5.74) is 2.49. The van der Waals surface area contributed by atoms with Crippen molar-refractivity contribution >= 4 is 5.91 Å². The predicted molar refractivity (Wildman–Crippen MR) is 137 cm³/mol. The maximum atomic E-state index is 14.1. The van der Waals surface area contributed by atoms with Crippen LogP contribution in [0.1, 0.15) is 57.3 Å². The molecule has 0 aliphatic carbocycles. The highest BCUT2D eigenvalue weighted by molar-refractivity contribution is 6.02. The van der Waals surface area contributed by atoms with E-state index in [1.807, 2.05) is 61.2 Å². The van der Waals surface area contributed by atoms with E-state index in [9.17, 15) is 4.79 Å². The molecule has 34 heavy (non-hydrogen) atoms. The Balaban J connectivity index is 2.08. The van der Waals surface area contributed by atoms with Crippen molar-refractivity contribution < 1.29 is 19.0 Å². The average Bonchev–Trinajstić information content (AvgIpc) is 2.83. The minimum Gasteiger partial charge on any atom is -0.490 e. The first-order valence-electron chi connectivity index (χ1n) is 12.5. The number of ether oxygens (including phenoxy) is 3. The van der Waals surface area contributed by atoms with Gasteiger partial charge in [-0.2, -0.15) is 0 Å². The van der Waals surface area contributed by atoms with E-state index < -0.39 is 0 Å². The molecule has 6 nitrogen and oxygen atoms in total. The van der Waals surface area contributed by atoms with Crippen LogP contribution in [-0.4, -0.2) is 62.4 Å². The fourth-order valence-electron chi connectivity index (χ4n) is 4.47. The monoisotopic (exact) mass is 468 g/mol. The molecule has 2 aromatic carbocycles. The van der Waals surface area contributed by atoms with E-state index in [1.165, 1.54) is 0 Å². The van der Waals surface area contributed by atoms with E-state index >= 15 is 0 Å². The molecule has 1 atom stereocenters. The lowest BCUT2D eigenvalue weighted by Crippen LogP contribution is -2.51. The summed E-state index contributed by atoms with van der Waals surface area (Å²) < 4.78 is 17.4. The van der Waals surface area contributed by atoms with Crippen LogP contribution in [-0.2, 0) is 4.74 Å². The van der Waals surface area contributed by atoms with Crippen molar-refractivity contribution in [2.75, 3.05) is 33.4 Å². The van der Waals surface area contributed by atoms with Gasteiger partial charge in [-0.3, -0.25) is 4.79 Å². The molecule has 3 rings (SSSR count). The van der Waals surface area contributed by atoms with Crippen LogP contribution in [0.2, 0.25) is 0 Å². The molecule has 0 aromatic heterocycles. The zero-order valence-electron chi connectivity index (χ0n) is 21.3. The van der Waals surface area contributed by atoms with Gasteiger partial charge < -0.3 is 24.4 Å². The molecule has 1 heterocycles. The highest BCUT2D eigenvalue weighted by Crippen LogP contribution is 2.38. The molecule has 1 saturated heterocycles. The van der Waals surface area contributed by atoms with E-state index in [4.69, 9.17) is 14.2 Å². The third-order valence-corrected chi connectivity index (χ3v) is 5.97. The summed E-state index contributed by atoms with van der Waals surface area (Å²) in [6.45, 7) is 11.1. The summed E-state index contributed by atoms with van der Waals surface area (Å²) in [6.07, 6.45) is 2.81. The lowest BCUT2D eigenvalue weighted by Gasteiger charge is -2.38. The summed E-state index contributed by atoms with van der Waals surface area (Å²) in [6, 6.07) is 14.1. The van der Waals surface area contributed by atoms with Gasteiger partial charge in [-0.05, 0) is 70.3 Å². The summed E-state index contributed by atoms with van der Waals surface area (Å²) >= 11 is 0. The number of methoxy groups -OCH3 is 1. The number of amides is 1. The van der Waals surface area contributed by atoms with Gasteiger partial charge in [0.1, 0.15) is 0 Å². The molecule has 0 radical (unpaired) electrons. The summed E-state index contributed by atoms with van der Waals surface area (Å²) in [5, 5.41) is 3.45. The van der Waals surface area contributed by atoms with E-state index in [-0.39, 0.29) is 24.1 Å². The molecule has 1 aliphatic heterocycles. The predicted octanol–water partition coefficient (Wildman–Crippen LogP) is 5.16. The van der Waals surface area contributed by atoms with Crippen LogP contribution in [0, 0.1) is 0 Å². The first-order valence-corrected chi connectivity index (χ1v) is 12.5. The third-order valence-electron chi connectivity index (χ3n) is 5.97. The Morgan fingerprint density at radius 2 is 1.85 bits per heavy atom. The second-order valence-corrected chi connectivity index (χ2v) is 9.38. The van der Waals surface area contributed by atoms with Gasteiger partial charge in [-0.25, -0.2) is 0 Å². The first-order chi connectivity index (χ1) is 16.4. The number of hydrogen-bond donors (Lipinski definition) is 1. The Labute approximate surface area is 204 Å². The number of carbonyl (C=O) groups excluding carboxylic acids is 1. The van der Waals surface area contributed by atoms with Crippen LogP contribution in [0.15, 0.2) is 42.5 Å². The van der Waals surface area contributed by atoms with Gasteiger partial charge >= 0.3 is 0 Å². The van der Waals surface area contributed by atoms with Gasteiger partial charge in [0.15, 0.2) is 11.5 Å². The largest absolute Gasteiger partial charge is 0.490 e. The zero-order valence-corrected chi connectivity index (χ0v) is 21.3. The number of hydrogen-bond acceptors (Lipinski definition) is 5. The van der Waals surface area contributed by atoms with Crippen LogP contribution in [0.25, 0.3) is 11.1 Å². The molecule has 2 aromatic rings. The van der Waals surface area contributed by atoms with Crippen molar-refractivity contribution in [3.8, 4) is 22.6 Å². The Morgan fingerprint density at radius 3 is 2.47 bits per heavy atom. The molecule has 1 unspecified atom stereocenters. The minimum atomic E-state index is -0.0213. The van der Waals surface area contributed by atoms with Crippen molar-refractivity contribution in [1.82, 2.24) is 10.2 Å². The van der Waals surface area contributed by atoms with Crippen LogP contribution < -0.4 is 14.8 Å². The SMILES string of the molecule is COCCCOc1cc(C(=O)N(C(C)C)C2CCCNC2)c(-c2ccccc2)cc1OC(C)C. The van der Waals surface area contributed by atoms with E-state index in [0.29, 0.717) is 30.3 Å². The van der Waals surface area contributed by atoms with Crippen molar-refractivity contribution in [2.24, 2.45) is 0 Å². The maximum absolute atomic E-state index is 14.1. The molecule has 6 heteroatoms. The summed E-state index contributed by atoms with van der Waals surface area (Å²) in [4.78, 5) is 16.2. The van der Waals surface area contributed by atoms with Crippen molar-refractivity contribution in [1.29, 1.82) is 0 Å². The number of nitrogens with zero attached hydrogens (tertiary/aromatic N) is 1. The van der Waals surface area contributed by atoms with Crippen LogP contribution in [0.4, 0.5) is 0 Å². The zero-order chi connectivity index (χ0) is 24.5. The second-order valence-electron chi connectivity index (χ2n) is 9.38. The Hall–Kier alpha value is -2.57. The fraction of sp³-hybridized carbons (Fsp3) is 0.536. The molecular weight excluding hydrogens is 428 g/mol. The number of nitrogens with one attached hydrogen (secondary N) is 1. The lowest BCUT2D eigenvalue weighted by molar-refractivity contribution is 0.0573. The highest BCUT2D eigenvalue weighted by Gasteiger charge is 2.31. The molecule has 1 N–H and O–H groups in total. The van der Waals surface area contributed by atoms with Gasteiger partial charge in [-0.15, -0.1) is 0 Å². The van der Waals surface area contributed by atoms with Gasteiger partial charge in [0.2, 0.25) is 0 Å². The quantitative estimate of drug-likeness (QED) is 0.462. The Morgan fingerprint density at radius 1 is 1.09 bits per heavy atom. The van der Waals surface area contributed by atoms with Gasteiger partial charge in [0, 0.05) is 38.8 Å². The normalized spacial score (nSPS) is 16.0. The number of benzene rings is 2. The standard InChI is InChI=1S/C28H40N2O4/c1-20(2)30(23-13-9-14-29-19-23)28(31)25-18-26(33-16-10-15-32-5)27(34-21(3)4)17-24(25)22-11-7-6-8-12-22/h6-8,11-12,17-18,20-21,23,29H,9-10,13-16,19H2,1-5H3. The van der Waals surface area contributed by atoms with E-state index in [0.717, 1.165) is 43.5 Å². The average molecular weight is 469 g/mol. The molecular formula is C28H40N2O4. The Kier molecular flexibility index (Phi) is 9.78. The number of rotatable bonds is 11. The molecule has 1 fully saturated rings. The fourth-order valence-corrected chi connectivity index (χ4v) is 4.47. The third kappa shape index (κ3) is 6.73. The van der Waals surface area contributed by atoms with Crippen LogP contribution in [0.5, 0.6) is 11.5 Å². The smallest absolute Gasteiger partial charge is 0.255 e. The van der Waals surface area contributed by atoms with Crippen molar-refractivity contribution in [2.45, 2.75) is 65.1 Å². The first kappa shape index (κ1) is 26.0. The number of piperidine rings is 1. The van der Waals surface area contributed by atoms with E-state index in [2.05, 4.69) is 19.2 Å². The summed E-state index contributed by atoms with van der Waals surface area (Å²) in [7, 11) is 1.68. The molecule has 0 saturated carbocycles. The highest BCUT2D eigenvalue weighted by atomic mass is 16.5. The van der Waals surface area contributed by atoms with Gasteiger partial charge in [-0.1, -0.05) is 30.3 Å².